The van der Waals surface area contributed by atoms with Crippen LogP contribution in [0.3, 0.4) is 0 Å². The van der Waals surface area contributed by atoms with Gasteiger partial charge in [0.2, 0.25) is 0 Å². The van der Waals surface area contributed by atoms with E-state index in [9.17, 15) is 11.0 Å². The number of hydrogen-bond acceptors (Lipinski definition) is 4. The van der Waals surface area contributed by atoms with E-state index in [0.29, 0.717) is 0 Å². The molecule has 0 N–H and O–H groups in total. The Morgan fingerprint density at radius 3 is 1.53 bits per heavy atom. The summed E-state index contributed by atoms with van der Waals surface area (Å²) in [5, 5.41) is 1.12. The molecule has 5 heteroatoms. The summed E-state index contributed by atoms with van der Waals surface area (Å²) < 4.78 is 95.9. The van der Waals surface area contributed by atoms with Crippen molar-refractivity contribution >= 4 is 95.0 Å². The second-order valence-electron chi connectivity index (χ2n) is 28.7. The number of hydrogen-bond donors (Lipinski definition) is 0. The van der Waals surface area contributed by atoms with Crippen molar-refractivity contribution in [2.45, 2.75) is 187 Å². The number of rotatable bonds is 5. The third-order valence-corrected chi connectivity index (χ3v) is 20.9. The van der Waals surface area contributed by atoms with Gasteiger partial charge in [0.15, 0.2) is 0 Å². The number of anilines is 9. The van der Waals surface area contributed by atoms with E-state index in [1.807, 2.05) is 23.5 Å². The van der Waals surface area contributed by atoms with E-state index in [1.165, 1.54) is 47.8 Å². The van der Waals surface area contributed by atoms with Gasteiger partial charge in [0, 0.05) is 54.7 Å². The Balaban J connectivity index is 1.26. The van der Waals surface area contributed by atoms with E-state index in [2.05, 4.69) is 181 Å². The molecule has 8 aromatic rings. The van der Waals surface area contributed by atoms with Gasteiger partial charge in [-0.1, -0.05) is 164 Å². The fourth-order valence-corrected chi connectivity index (χ4v) is 15.7. The molecule has 1 aromatic heterocycles. The third-order valence-electron chi connectivity index (χ3n) is 19.7. The minimum Gasteiger partial charge on any atom is -0.311 e. The Bertz CT molecular complexity index is 4260. The number of aryl methyl sites for hydroxylation is 1. The maximum atomic E-state index is 9.77. The Morgan fingerprint density at radius 2 is 0.974 bits per heavy atom. The molecule has 5 aliphatic rings. The van der Waals surface area contributed by atoms with Gasteiger partial charge in [-0.25, -0.2) is 0 Å². The highest BCUT2D eigenvalue weighted by molar-refractivity contribution is 7.33. The SMILES string of the molecule is [2H]c1c([2H])c([2H])c(N(c2cc3c4c(c2)N(c2ccc5c(c2)C(C)(C)CCC5(C)C)c2c(sc5cc6c(cc25)C(C)(C)CCC6(C)C)B4c2ccc(C(C)(C)C)cc2N3c2cc3c(cc2C)C(C)(C)CCC3(C)C)c2c([2H])c([2H])c([2H])c([2H])c2[2H])c([2H])c1[2H]. The topological polar surface area (TPSA) is 9.72 Å². The van der Waals surface area contributed by atoms with Crippen LogP contribution in [0.15, 0.2) is 133 Å². The Hall–Kier alpha value is -6.04. The average Bonchev–Trinajstić information content (AvgIpc) is 1.27. The summed E-state index contributed by atoms with van der Waals surface area (Å²) in [6.07, 6.45) is 6.16. The van der Waals surface area contributed by atoms with Crippen LogP contribution in [-0.4, -0.2) is 6.71 Å². The van der Waals surface area contributed by atoms with E-state index < -0.39 is 60.4 Å². The van der Waals surface area contributed by atoms with Crippen molar-refractivity contribution in [2.75, 3.05) is 14.7 Å². The van der Waals surface area contributed by atoms with Crippen LogP contribution in [0, 0.1) is 6.92 Å². The molecule has 0 unspecified atom stereocenters. The van der Waals surface area contributed by atoms with Crippen molar-refractivity contribution in [1.82, 2.24) is 0 Å². The van der Waals surface area contributed by atoms with Crippen LogP contribution in [0.4, 0.5) is 51.2 Å². The first-order chi connectivity index (χ1) is 40.8. The predicted octanol–water partition coefficient (Wildman–Crippen LogP) is 19.1. The maximum Gasteiger partial charge on any atom is 0.264 e. The standard InChI is InChI=1S/C73H82BN3S/c1-45-37-53-56(72(13,14)35-33-69(53,7)8)43-59(45)77-60-38-46(67(2,3)4)27-30-58(60)74-64-61(40-50(41-62(64)77)75(47-23-19-17-20-24-47)48-25-21-18-22-26-48)76(49-28-29-52-54(39-49)70(9,10)32-31-68(52,5)6)65-51-42-55-57(44-63(51)78-66(65)74)73(15,16)36-34-71(55,11)12/h17-30,37-44H,31-36H2,1-16H3/i17D,18D,19D,20D,21D,22D,23D,24D,25D,26D. The summed E-state index contributed by atoms with van der Waals surface area (Å²) in [5.74, 6) is 0. The molecule has 0 spiro atoms. The molecule has 3 nitrogen and oxygen atoms in total. The van der Waals surface area contributed by atoms with Crippen LogP contribution in [0.5, 0.6) is 0 Å². The molecule has 3 aliphatic carbocycles. The van der Waals surface area contributed by atoms with Gasteiger partial charge < -0.3 is 14.7 Å². The summed E-state index contributed by atoms with van der Waals surface area (Å²) in [6.45, 7) is 36.9. The minimum absolute atomic E-state index is 0.0702. The van der Waals surface area contributed by atoms with Gasteiger partial charge >= 0.3 is 0 Å². The van der Waals surface area contributed by atoms with Crippen LogP contribution in [0.25, 0.3) is 10.1 Å². The first-order valence-electron chi connectivity index (χ1n) is 33.6. The Labute approximate surface area is 486 Å². The second-order valence-corrected chi connectivity index (χ2v) is 29.8. The molecular weight excluding hydrogens is 962 g/mol. The molecule has 0 fully saturated rings. The highest BCUT2D eigenvalue weighted by Gasteiger charge is 2.49. The van der Waals surface area contributed by atoms with Crippen molar-refractivity contribution in [3.05, 3.63) is 178 Å². The van der Waals surface area contributed by atoms with Crippen LogP contribution in [0.2, 0.25) is 0 Å². The van der Waals surface area contributed by atoms with Crippen LogP contribution in [0.1, 0.15) is 201 Å². The van der Waals surface area contributed by atoms with E-state index in [1.54, 1.807) is 0 Å². The van der Waals surface area contributed by atoms with Crippen LogP contribution in [-0.2, 0) is 37.9 Å². The van der Waals surface area contributed by atoms with Gasteiger partial charge in [0.1, 0.15) is 0 Å². The normalized spacial score (nSPS) is 21.3. The summed E-state index contributed by atoms with van der Waals surface area (Å²) in [4.78, 5) is 6.20. The highest BCUT2D eigenvalue weighted by atomic mass is 32.1. The van der Waals surface area contributed by atoms with Gasteiger partial charge in [0.25, 0.3) is 6.71 Å². The third kappa shape index (κ3) is 7.77. The molecule has 7 aromatic carbocycles. The number of benzene rings is 7. The van der Waals surface area contributed by atoms with Gasteiger partial charge in [-0.05, 0) is 211 Å². The number of thiophene rings is 1. The fraction of sp³-hybridized carbons (Fsp3) is 0.397. The summed E-state index contributed by atoms with van der Waals surface area (Å²) in [5.41, 5.74) is 16.3. The maximum absolute atomic E-state index is 9.77. The first-order valence-corrected chi connectivity index (χ1v) is 29.4. The molecule has 0 saturated heterocycles. The predicted molar refractivity (Wildman–Crippen MR) is 340 cm³/mol. The minimum atomic E-state index is -0.613. The molecule has 0 saturated carbocycles. The molecule has 0 bridgehead atoms. The van der Waals surface area contributed by atoms with E-state index in [0.717, 1.165) is 100 Å². The number of para-hydroxylation sites is 2. The molecular formula is C73H82BN3S. The second kappa shape index (κ2) is 17.0. The lowest BCUT2D eigenvalue weighted by molar-refractivity contribution is 0.332. The molecule has 13 rings (SSSR count). The zero-order valence-electron chi connectivity index (χ0n) is 59.0. The number of fused-ring (bicyclic) bond motifs is 9. The number of nitrogens with zero attached hydrogens (tertiary/aromatic N) is 3. The summed E-state index contributed by atoms with van der Waals surface area (Å²) in [6, 6.07) is 21.8. The van der Waals surface area contributed by atoms with Crippen molar-refractivity contribution < 1.29 is 13.7 Å². The van der Waals surface area contributed by atoms with E-state index in [4.69, 9.17) is 2.74 Å². The lowest BCUT2D eigenvalue weighted by atomic mass is 9.36. The van der Waals surface area contributed by atoms with Gasteiger partial charge in [0.05, 0.1) is 25.1 Å². The smallest absolute Gasteiger partial charge is 0.264 e. The van der Waals surface area contributed by atoms with Crippen molar-refractivity contribution in [3.8, 4) is 0 Å². The fourth-order valence-electron chi connectivity index (χ4n) is 14.4. The molecule has 2 aliphatic heterocycles. The Kier molecular flexibility index (Phi) is 8.94. The highest BCUT2D eigenvalue weighted by Crippen LogP contribution is 2.57. The summed E-state index contributed by atoms with van der Waals surface area (Å²) in [7, 11) is 0. The van der Waals surface area contributed by atoms with Gasteiger partial charge in [-0.15, -0.1) is 11.3 Å². The van der Waals surface area contributed by atoms with Gasteiger partial charge in [-0.3, -0.25) is 0 Å². The molecule has 0 radical (unpaired) electrons. The lowest BCUT2D eigenvalue weighted by Gasteiger charge is -2.47. The molecule has 0 amide bonds. The monoisotopic (exact) mass is 1050 g/mol. The quantitative estimate of drug-likeness (QED) is 0.159. The molecule has 3 heterocycles. The largest absolute Gasteiger partial charge is 0.311 e. The molecule has 398 valence electrons. The lowest BCUT2D eigenvalue weighted by Crippen LogP contribution is -2.60. The summed E-state index contributed by atoms with van der Waals surface area (Å²) >= 11 is 1.86. The zero-order valence-corrected chi connectivity index (χ0v) is 49.8. The molecule has 0 atom stereocenters. The van der Waals surface area contributed by atoms with Crippen molar-refractivity contribution in [3.63, 3.8) is 0 Å². The molecule has 78 heavy (non-hydrogen) atoms. The Morgan fingerprint density at radius 1 is 0.487 bits per heavy atom. The van der Waals surface area contributed by atoms with Crippen LogP contribution < -0.4 is 30.4 Å². The van der Waals surface area contributed by atoms with E-state index in [-0.39, 0.29) is 61.7 Å². The van der Waals surface area contributed by atoms with E-state index >= 15 is 0 Å². The van der Waals surface area contributed by atoms with Crippen molar-refractivity contribution in [2.24, 2.45) is 0 Å². The zero-order chi connectivity index (χ0) is 63.7. The van der Waals surface area contributed by atoms with Gasteiger partial charge in [-0.2, -0.15) is 0 Å². The van der Waals surface area contributed by atoms with Crippen LogP contribution >= 0.6 is 11.3 Å². The average molecular weight is 1050 g/mol. The first kappa shape index (κ1) is 41.0. The van der Waals surface area contributed by atoms with Crippen molar-refractivity contribution in [1.29, 1.82) is 0 Å².